The van der Waals surface area contributed by atoms with Gasteiger partial charge in [-0.3, -0.25) is 11.3 Å². The second-order valence-corrected chi connectivity index (χ2v) is 6.66. The normalized spacial score (nSPS) is 12.6. The van der Waals surface area contributed by atoms with Crippen molar-refractivity contribution in [3.05, 3.63) is 56.2 Å². The molecule has 0 bridgehead atoms. The zero-order chi connectivity index (χ0) is 13.7. The smallest absolute Gasteiger partial charge is 0.0992 e. The van der Waals surface area contributed by atoms with E-state index in [1.807, 2.05) is 12.1 Å². The van der Waals surface area contributed by atoms with Gasteiger partial charge in [-0.1, -0.05) is 53.5 Å². The molecule has 0 amide bonds. The fraction of sp³-hybridized carbons (Fsp3) is 0.286. The van der Waals surface area contributed by atoms with Crippen molar-refractivity contribution in [1.29, 1.82) is 0 Å². The Morgan fingerprint density at radius 3 is 2.53 bits per heavy atom. The maximum Gasteiger partial charge on any atom is 0.0992 e. The number of thiophene rings is 1. The lowest BCUT2D eigenvalue weighted by Gasteiger charge is -2.15. The van der Waals surface area contributed by atoms with Gasteiger partial charge in [0.25, 0.3) is 0 Å². The van der Waals surface area contributed by atoms with Crippen LogP contribution in [0.3, 0.4) is 0 Å². The van der Waals surface area contributed by atoms with Crippen molar-refractivity contribution in [2.24, 2.45) is 5.84 Å². The third kappa shape index (κ3) is 4.20. The Balaban J connectivity index is 1.91. The van der Waals surface area contributed by atoms with Crippen molar-refractivity contribution in [1.82, 2.24) is 5.43 Å². The summed E-state index contributed by atoms with van der Waals surface area (Å²) >= 11 is 13.5. The van der Waals surface area contributed by atoms with Crippen LogP contribution in [-0.2, 0) is 6.42 Å². The van der Waals surface area contributed by atoms with Crippen molar-refractivity contribution in [3.8, 4) is 0 Å². The Labute approximate surface area is 127 Å². The van der Waals surface area contributed by atoms with Crippen molar-refractivity contribution in [2.75, 3.05) is 0 Å². The minimum absolute atomic E-state index is 0.0555. The number of halogens is 2. The molecule has 1 heterocycles. The van der Waals surface area contributed by atoms with Crippen LogP contribution in [0.2, 0.25) is 8.67 Å². The zero-order valence-electron chi connectivity index (χ0n) is 10.4. The van der Waals surface area contributed by atoms with E-state index in [-0.39, 0.29) is 6.04 Å². The van der Waals surface area contributed by atoms with Gasteiger partial charge in [-0.05, 0) is 30.9 Å². The average Bonchev–Trinajstić information content (AvgIpc) is 2.75. The van der Waals surface area contributed by atoms with Crippen molar-refractivity contribution >= 4 is 34.5 Å². The summed E-state index contributed by atoms with van der Waals surface area (Å²) in [5, 5.41) is 0. The number of aryl methyl sites for hydroxylation is 1. The third-order valence-corrected chi connectivity index (χ3v) is 4.58. The van der Waals surface area contributed by atoms with Gasteiger partial charge in [0, 0.05) is 11.6 Å². The number of benzene rings is 1. The molecule has 2 aromatic rings. The summed E-state index contributed by atoms with van der Waals surface area (Å²) in [4.78, 5) is 0. The second-order valence-electron chi connectivity index (χ2n) is 4.38. The average molecular weight is 315 g/mol. The van der Waals surface area contributed by atoms with E-state index in [1.165, 1.54) is 16.9 Å². The van der Waals surface area contributed by atoms with Gasteiger partial charge < -0.3 is 0 Å². The molecular formula is C14H16Cl2N2S. The van der Waals surface area contributed by atoms with Gasteiger partial charge in [-0.2, -0.15) is 0 Å². The number of hydrogen-bond donors (Lipinski definition) is 2. The first kappa shape index (κ1) is 14.8. The van der Waals surface area contributed by atoms with Crippen LogP contribution in [0.15, 0.2) is 36.4 Å². The van der Waals surface area contributed by atoms with Crippen molar-refractivity contribution in [3.63, 3.8) is 0 Å². The lowest BCUT2D eigenvalue weighted by Crippen LogP contribution is -2.27. The highest BCUT2D eigenvalue weighted by Crippen LogP contribution is 2.36. The molecule has 0 aliphatic carbocycles. The molecule has 5 heteroatoms. The van der Waals surface area contributed by atoms with Crippen molar-refractivity contribution in [2.45, 2.75) is 25.3 Å². The van der Waals surface area contributed by atoms with Crippen LogP contribution >= 0.6 is 34.5 Å². The Bertz CT molecular complexity index is 513. The van der Waals surface area contributed by atoms with Gasteiger partial charge in [0.05, 0.1) is 8.67 Å². The molecule has 0 fully saturated rings. The Hall–Kier alpha value is -0.580. The van der Waals surface area contributed by atoms with E-state index in [0.29, 0.717) is 8.67 Å². The quantitative estimate of drug-likeness (QED) is 0.605. The topological polar surface area (TPSA) is 38.0 Å². The fourth-order valence-electron chi connectivity index (χ4n) is 2.07. The standard InChI is InChI=1S/C14H16Cl2N2S/c15-13-9-11(14(16)19-13)12(18-17)8-4-7-10-5-2-1-3-6-10/h1-3,5-6,9,12,18H,4,7-8,17H2. The van der Waals surface area contributed by atoms with E-state index in [1.54, 1.807) is 0 Å². The highest BCUT2D eigenvalue weighted by molar-refractivity contribution is 7.20. The third-order valence-electron chi connectivity index (χ3n) is 3.06. The molecule has 1 aromatic carbocycles. The summed E-state index contributed by atoms with van der Waals surface area (Å²) in [7, 11) is 0. The SMILES string of the molecule is NNC(CCCc1ccccc1)c1cc(Cl)sc1Cl. The molecule has 2 rings (SSSR count). The van der Waals surface area contributed by atoms with E-state index in [9.17, 15) is 0 Å². The van der Waals surface area contributed by atoms with E-state index in [2.05, 4.69) is 29.7 Å². The Morgan fingerprint density at radius 2 is 1.95 bits per heavy atom. The predicted molar refractivity (Wildman–Crippen MR) is 83.8 cm³/mol. The largest absolute Gasteiger partial charge is 0.271 e. The molecule has 0 aliphatic heterocycles. The van der Waals surface area contributed by atoms with E-state index < -0.39 is 0 Å². The summed E-state index contributed by atoms with van der Waals surface area (Å²) in [5.41, 5.74) is 5.16. The Kier molecular flexibility index (Phi) is 5.67. The van der Waals surface area contributed by atoms with Crippen LogP contribution in [0.25, 0.3) is 0 Å². The first-order chi connectivity index (χ1) is 9.20. The molecule has 0 saturated carbocycles. The summed E-state index contributed by atoms with van der Waals surface area (Å²) in [5.74, 6) is 5.62. The minimum Gasteiger partial charge on any atom is -0.271 e. The molecule has 2 nitrogen and oxygen atoms in total. The maximum atomic E-state index is 6.15. The maximum absolute atomic E-state index is 6.15. The number of hydrazine groups is 1. The summed E-state index contributed by atoms with van der Waals surface area (Å²) < 4.78 is 1.41. The highest BCUT2D eigenvalue weighted by Gasteiger charge is 2.16. The lowest BCUT2D eigenvalue weighted by atomic mass is 10.0. The van der Waals surface area contributed by atoms with Crippen LogP contribution in [-0.4, -0.2) is 0 Å². The van der Waals surface area contributed by atoms with E-state index in [0.717, 1.165) is 24.8 Å². The number of hydrogen-bond acceptors (Lipinski definition) is 3. The molecule has 0 aliphatic rings. The highest BCUT2D eigenvalue weighted by atomic mass is 35.5. The number of nitrogens with two attached hydrogens (primary N) is 1. The number of rotatable bonds is 6. The van der Waals surface area contributed by atoms with Gasteiger partial charge in [0.15, 0.2) is 0 Å². The van der Waals surface area contributed by atoms with Crippen molar-refractivity contribution < 1.29 is 0 Å². The van der Waals surface area contributed by atoms with Crippen LogP contribution in [0.1, 0.15) is 30.0 Å². The number of nitrogens with one attached hydrogen (secondary N) is 1. The summed E-state index contributed by atoms with van der Waals surface area (Å²) in [6.07, 6.45) is 3.01. The van der Waals surface area contributed by atoms with Gasteiger partial charge in [-0.25, -0.2) is 0 Å². The minimum atomic E-state index is 0.0555. The second kappa shape index (κ2) is 7.27. The molecule has 102 valence electrons. The molecule has 1 atom stereocenters. The molecule has 0 spiro atoms. The first-order valence-electron chi connectivity index (χ1n) is 6.15. The van der Waals surface area contributed by atoms with Crippen LogP contribution in [0.4, 0.5) is 0 Å². The summed E-state index contributed by atoms with van der Waals surface area (Å²) in [6, 6.07) is 12.4. The molecule has 0 saturated heterocycles. The van der Waals surface area contributed by atoms with Crippen LogP contribution in [0, 0.1) is 0 Å². The zero-order valence-corrected chi connectivity index (χ0v) is 12.7. The fourth-order valence-corrected chi connectivity index (χ4v) is 3.65. The summed E-state index contributed by atoms with van der Waals surface area (Å²) in [6.45, 7) is 0. The van der Waals surface area contributed by atoms with Gasteiger partial charge >= 0.3 is 0 Å². The van der Waals surface area contributed by atoms with E-state index >= 15 is 0 Å². The molecule has 1 unspecified atom stereocenters. The lowest BCUT2D eigenvalue weighted by molar-refractivity contribution is 0.500. The monoisotopic (exact) mass is 314 g/mol. The van der Waals surface area contributed by atoms with Crippen LogP contribution in [0.5, 0.6) is 0 Å². The first-order valence-corrected chi connectivity index (χ1v) is 7.72. The predicted octanol–water partition coefficient (Wildman–Crippen LogP) is 4.58. The van der Waals surface area contributed by atoms with Gasteiger partial charge in [0.2, 0.25) is 0 Å². The van der Waals surface area contributed by atoms with Gasteiger partial charge in [0.1, 0.15) is 0 Å². The molecule has 19 heavy (non-hydrogen) atoms. The Morgan fingerprint density at radius 1 is 1.21 bits per heavy atom. The van der Waals surface area contributed by atoms with E-state index in [4.69, 9.17) is 29.0 Å². The molecule has 3 N–H and O–H groups in total. The van der Waals surface area contributed by atoms with Crippen LogP contribution < -0.4 is 11.3 Å². The molecule has 1 aromatic heterocycles. The van der Waals surface area contributed by atoms with Gasteiger partial charge in [-0.15, -0.1) is 11.3 Å². The molecule has 0 radical (unpaired) electrons. The molecular weight excluding hydrogens is 299 g/mol.